The third-order valence-corrected chi connectivity index (χ3v) is 4.63. The van der Waals surface area contributed by atoms with Crippen molar-refractivity contribution in [1.29, 1.82) is 0 Å². The van der Waals surface area contributed by atoms with Crippen LogP contribution in [0.25, 0.3) is 0 Å². The third-order valence-electron chi connectivity index (χ3n) is 4.63. The number of benzene rings is 1. The van der Waals surface area contributed by atoms with E-state index in [1.165, 1.54) is 18.9 Å². The summed E-state index contributed by atoms with van der Waals surface area (Å²) in [6, 6.07) is 4.45. The molecule has 2 unspecified atom stereocenters. The van der Waals surface area contributed by atoms with Crippen molar-refractivity contribution in [3.05, 3.63) is 29.1 Å². The number of carbonyl (C=O) groups is 1. The first-order valence-electron chi connectivity index (χ1n) is 7.58. The first-order valence-corrected chi connectivity index (χ1v) is 7.58. The van der Waals surface area contributed by atoms with Crippen LogP contribution in [0.4, 0.5) is 10.1 Å². The van der Waals surface area contributed by atoms with Gasteiger partial charge in [-0.25, -0.2) is 4.39 Å². The number of rotatable bonds is 4. The minimum Gasteiger partial charge on any atom is -0.381 e. The van der Waals surface area contributed by atoms with Crippen molar-refractivity contribution < 1.29 is 9.18 Å². The van der Waals surface area contributed by atoms with Crippen LogP contribution in [-0.4, -0.2) is 35.5 Å². The zero-order valence-corrected chi connectivity index (χ0v) is 12.5. The number of halogens is 1. The molecule has 1 amide bonds. The van der Waals surface area contributed by atoms with E-state index in [0.29, 0.717) is 23.3 Å². The largest absolute Gasteiger partial charge is 0.381 e. The average Bonchev–Trinajstić information content (AvgIpc) is 3.19. The Morgan fingerprint density at radius 3 is 2.76 bits per heavy atom. The van der Waals surface area contributed by atoms with Gasteiger partial charge in [-0.05, 0) is 45.2 Å². The van der Waals surface area contributed by atoms with Gasteiger partial charge >= 0.3 is 0 Å². The SMILES string of the molecule is Cc1c(F)cc(C(N)=O)cc1NC1CC(C)N(C2CC2)C1. The van der Waals surface area contributed by atoms with Crippen molar-refractivity contribution in [2.45, 2.75) is 51.2 Å². The summed E-state index contributed by atoms with van der Waals surface area (Å²) in [6.07, 6.45) is 3.63. The fourth-order valence-corrected chi connectivity index (χ4v) is 3.27. The summed E-state index contributed by atoms with van der Waals surface area (Å²) < 4.78 is 13.9. The van der Waals surface area contributed by atoms with Crippen LogP contribution in [0, 0.1) is 12.7 Å². The summed E-state index contributed by atoms with van der Waals surface area (Å²) >= 11 is 0. The molecule has 2 atom stereocenters. The Morgan fingerprint density at radius 2 is 2.14 bits per heavy atom. The van der Waals surface area contributed by atoms with Crippen molar-refractivity contribution in [3.8, 4) is 0 Å². The van der Waals surface area contributed by atoms with Gasteiger partial charge in [-0.3, -0.25) is 9.69 Å². The summed E-state index contributed by atoms with van der Waals surface area (Å²) in [5.41, 5.74) is 6.69. The normalized spacial score (nSPS) is 26.0. The van der Waals surface area contributed by atoms with E-state index in [0.717, 1.165) is 19.0 Å². The average molecular weight is 291 g/mol. The van der Waals surface area contributed by atoms with Crippen LogP contribution in [0.15, 0.2) is 12.1 Å². The van der Waals surface area contributed by atoms with Crippen molar-refractivity contribution >= 4 is 11.6 Å². The second-order valence-corrected chi connectivity index (χ2v) is 6.35. The molecule has 21 heavy (non-hydrogen) atoms. The second-order valence-electron chi connectivity index (χ2n) is 6.35. The highest BCUT2D eigenvalue weighted by molar-refractivity contribution is 5.94. The number of nitrogens with zero attached hydrogens (tertiary/aromatic N) is 1. The van der Waals surface area contributed by atoms with Gasteiger partial charge in [-0.1, -0.05) is 0 Å². The molecule has 1 heterocycles. The first kappa shape index (κ1) is 14.3. The molecule has 0 aromatic heterocycles. The lowest BCUT2D eigenvalue weighted by molar-refractivity contribution is 0.1000. The summed E-state index contributed by atoms with van der Waals surface area (Å²) in [5, 5.41) is 3.40. The molecule has 1 aromatic rings. The summed E-state index contributed by atoms with van der Waals surface area (Å²) in [6.45, 7) is 4.94. The minimum absolute atomic E-state index is 0.214. The predicted molar refractivity (Wildman–Crippen MR) is 80.9 cm³/mol. The monoisotopic (exact) mass is 291 g/mol. The Kier molecular flexibility index (Phi) is 3.61. The van der Waals surface area contributed by atoms with Crippen LogP contribution in [0.5, 0.6) is 0 Å². The molecule has 5 heteroatoms. The number of hydrogen-bond acceptors (Lipinski definition) is 3. The number of primary amides is 1. The smallest absolute Gasteiger partial charge is 0.248 e. The topological polar surface area (TPSA) is 58.4 Å². The molecule has 2 fully saturated rings. The maximum atomic E-state index is 13.9. The highest BCUT2D eigenvalue weighted by atomic mass is 19.1. The number of anilines is 1. The van der Waals surface area contributed by atoms with Crippen LogP contribution in [0.3, 0.4) is 0 Å². The summed E-state index contributed by atoms with van der Waals surface area (Å²) in [7, 11) is 0. The molecule has 0 spiro atoms. The molecule has 2 aliphatic rings. The van der Waals surface area contributed by atoms with Crippen LogP contribution in [-0.2, 0) is 0 Å². The van der Waals surface area contributed by atoms with Crippen LogP contribution < -0.4 is 11.1 Å². The van der Waals surface area contributed by atoms with Crippen LogP contribution in [0.2, 0.25) is 0 Å². The highest BCUT2D eigenvalue weighted by Gasteiger charge is 2.38. The molecule has 1 aliphatic heterocycles. The van der Waals surface area contributed by atoms with Gasteiger partial charge < -0.3 is 11.1 Å². The van der Waals surface area contributed by atoms with Gasteiger partial charge in [0.2, 0.25) is 5.91 Å². The second kappa shape index (κ2) is 5.30. The van der Waals surface area contributed by atoms with E-state index >= 15 is 0 Å². The lowest BCUT2D eigenvalue weighted by Gasteiger charge is -2.20. The summed E-state index contributed by atoms with van der Waals surface area (Å²) in [5.74, 6) is -0.991. The maximum absolute atomic E-state index is 13.9. The zero-order chi connectivity index (χ0) is 15.1. The Labute approximate surface area is 124 Å². The van der Waals surface area contributed by atoms with Gasteiger partial charge in [0.1, 0.15) is 5.82 Å². The molecular weight excluding hydrogens is 269 g/mol. The highest BCUT2D eigenvalue weighted by Crippen LogP contribution is 2.34. The minimum atomic E-state index is -0.601. The number of amides is 1. The van der Waals surface area contributed by atoms with Gasteiger partial charge in [-0.15, -0.1) is 0 Å². The van der Waals surface area contributed by atoms with E-state index in [-0.39, 0.29) is 11.4 Å². The van der Waals surface area contributed by atoms with Gasteiger partial charge in [0.05, 0.1) is 0 Å². The molecule has 114 valence electrons. The Bertz CT molecular complexity index is 571. The molecule has 3 N–H and O–H groups in total. The van der Waals surface area contributed by atoms with Crippen molar-refractivity contribution in [1.82, 2.24) is 4.90 Å². The van der Waals surface area contributed by atoms with Gasteiger partial charge in [0, 0.05) is 41.5 Å². The van der Waals surface area contributed by atoms with E-state index < -0.39 is 5.91 Å². The fourth-order valence-electron chi connectivity index (χ4n) is 3.27. The van der Waals surface area contributed by atoms with Crippen LogP contribution in [0.1, 0.15) is 42.1 Å². The Morgan fingerprint density at radius 1 is 1.43 bits per heavy atom. The third kappa shape index (κ3) is 2.88. The fraction of sp³-hybridized carbons (Fsp3) is 0.562. The molecule has 3 rings (SSSR count). The van der Waals surface area contributed by atoms with Crippen molar-refractivity contribution in [3.63, 3.8) is 0 Å². The summed E-state index contributed by atoms with van der Waals surface area (Å²) in [4.78, 5) is 13.8. The van der Waals surface area contributed by atoms with Crippen molar-refractivity contribution in [2.75, 3.05) is 11.9 Å². The number of hydrogen-bond donors (Lipinski definition) is 2. The van der Waals surface area contributed by atoms with E-state index in [4.69, 9.17) is 5.73 Å². The molecule has 1 aliphatic carbocycles. The molecule has 1 saturated carbocycles. The molecule has 0 radical (unpaired) electrons. The lowest BCUT2D eigenvalue weighted by atomic mass is 10.1. The Hall–Kier alpha value is -1.62. The number of carbonyl (C=O) groups excluding carboxylic acids is 1. The number of likely N-dealkylation sites (tertiary alicyclic amines) is 1. The predicted octanol–water partition coefficient (Wildman–Crippen LogP) is 2.27. The van der Waals surface area contributed by atoms with E-state index in [9.17, 15) is 9.18 Å². The number of nitrogens with two attached hydrogens (primary N) is 1. The van der Waals surface area contributed by atoms with Crippen LogP contribution >= 0.6 is 0 Å². The molecule has 0 bridgehead atoms. The van der Waals surface area contributed by atoms with Gasteiger partial charge in [-0.2, -0.15) is 0 Å². The van der Waals surface area contributed by atoms with Gasteiger partial charge in [0.15, 0.2) is 0 Å². The van der Waals surface area contributed by atoms with E-state index in [2.05, 4.69) is 17.1 Å². The number of nitrogens with one attached hydrogen (secondary N) is 1. The zero-order valence-electron chi connectivity index (χ0n) is 12.5. The molecule has 4 nitrogen and oxygen atoms in total. The molecule has 1 saturated heterocycles. The van der Waals surface area contributed by atoms with E-state index in [1.807, 2.05) is 0 Å². The molecular formula is C16H22FN3O. The standard InChI is InChI=1S/C16H22FN3O/c1-9-5-12(8-20(9)13-3-4-13)19-15-7-11(16(18)21)6-14(17)10(15)2/h6-7,9,12-13,19H,3-5,8H2,1-2H3,(H2,18,21). The van der Waals surface area contributed by atoms with E-state index in [1.54, 1.807) is 13.0 Å². The lowest BCUT2D eigenvalue weighted by Crippen LogP contribution is -2.31. The quantitative estimate of drug-likeness (QED) is 0.894. The first-order chi connectivity index (χ1) is 9.95. The van der Waals surface area contributed by atoms with Crippen molar-refractivity contribution in [2.24, 2.45) is 5.73 Å². The Balaban J connectivity index is 1.77. The maximum Gasteiger partial charge on any atom is 0.248 e. The molecule has 1 aromatic carbocycles. The van der Waals surface area contributed by atoms with Gasteiger partial charge in [0.25, 0.3) is 0 Å².